The van der Waals surface area contributed by atoms with Crippen LogP contribution in [0.3, 0.4) is 0 Å². The Hall–Kier alpha value is -10.0. The topological polar surface area (TPSA) is 345 Å². The summed E-state index contributed by atoms with van der Waals surface area (Å²) in [5.74, 6) is 14.8. The van der Waals surface area contributed by atoms with Gasteiger partial charge in [0.05, 0.1) is 86.3 Å². The monoisotopic (exact) mass is 2020 g/mol. The number of rotatable bonds is 13. The maximum absolute atomic E-state index is 13.3. The molecule has 2 unspecified atom stereocenters. The molecule has 0 aromatic carbocycles. The molecule has 20 heterocycles. The first-order valence-electron chi connectivity index (χ1n) is 45.4. The van der Waals surface area contributed by atoms with Crippen molar-refractivity contribution in [2.24, 2.45) is 22.0 Å². The van der Waals surface area contributed by atoms with Crippen molar-refractivity contribution in [2.45, 2.75) is 209 Å². The number of nitrogens with two attached hydrogens (primary N) is 1. The van der Waals surface area contributed by atoms with Crippen LogP contribution in [0.2, 0.25) is 0 Å². The molecule has 0 radical (unpaired) electrons. The third-order valence-corrected chi connectivity index (χ3v) is 33.2. The van der Waals surface area contributed by atoms with Crippen molar-refractivity contribution in [1.29, 1.82) is 0 Å². The molecular formula is C97H105IN27NaO4S5. The third kappa shape index (κ3) is 19.6. The zero-order valence-corrected chi connectivity index (χ0v) is 85.0. The summed E-state index contributed by atoms with van der Waals surface area (Å²) < 4.78 is 55.5. The normalized spacial score (nSPS) is 20.1. The summed E-state index contributed by atoms with van der Waals surface area (Å²) in [5, 5.41) is 19.0. The summed E-state index contributed by atoms with van der Waals surface area (Å²) in [5.41, 5.74) is 19.0. The molecule has 3 aliphatic carbocycles. The number of nitrogens with one attached hydrogen (secondary N) is 3. The van der Waals surface area contributed by atoms with E-state index in [0.717, 1.165) is 250 Å². The van der Waals surface area contributed by atoms with E-state index >= 15 is 0 Å². The summed E-state index contributed by atoms with van der Waals surface area (Å²) in [7, 11) is -2.32. The second-order valence-corrected chi connectivity index (χ2v) is 44.7. The molecule has 31 nitrogen and oxygen atoms in total. The second kappa shape index (κ2) is 41.0. The Kier molecular flexibility index (Phi) is 28.9. The Morgan fingerprint density at radius 2 is 0.933 bits per heavy atom. The SMILES string of the molecule is C#CC#CC#CC.CC(C)(C)[S@@](=O)N[C@@H]1c2cccnc2CC12CCN(c1ncc(I)c3nccn13)CC2.CC(C)(C)[S@@](=O)N[C@@H]1c2cccnc2CC12CCN(c1ncc(Sc3ccnc4c3cnn4C3CCCCO3)c3nccn13)CC2.N[C@@H]1c2cccnc2CC12CCN(c1ncc(Sc3ccnc4[nH]ncc34)c3nccn13)CC2.[Na+].[S-]c1ccnc2c1cnn2C1CCCCO1. The molecule has 8 aliphatic rings. The minimum atomic E-state index is -1.18. The van der Waals surface area contributed by atoms with Crippen LogP contribution >= 0.6 is 46.1 Å². The first-order valence-corrected chi connectivity index (χ1v) is 50.9. The molecule has 0 bridgehead atoms. The van der Waals surface area contributed by atoms with Gasteiger partial charge in [-0.25, -0.2) is 72.1 Å². The molecule has 690 valence electrons. The van der Waals surface area contributed by atoms with Crippen LogP contribution in [0.25, 0.3) is 50.0 Å². The van der Waals surface area contributed by atoms with Gasteiger partial charge in [-0.3, -0.25) is 33.3 Å². The molecule has 5 N–H and O–H groups in total. The number of ether oxygens (including phenoxy) is 2. The van der Waals surface area contributed by atoms with E-state index in [2.05, 4.69) is 163 Å². The predicted molar refractivity (Wildman–Crippen MR) is 532 cm³/mol. The average molecular weight is 2020 g/mol. The zero-order chi connectivity index (χ0) is 92.5. The summed E-state index contributed by atoms with van der Waals surface area (Å²) in [6.07, 6.45) is 53.7. The summed E-state index contributed by atoms with van der Waals surface area (Å²) in [4.78, 5) is 67.8. The van der Waals surface area contributed by atoms with Gasteiger partial charge in [0.25, 0.3) is 0 Å². The molecule has 15 aromatic rings. The van der Waals surface area contributed by atoms with Crippen LogP contribution in [0.5, 0.6) is 0 Å². The molecule has 7 atom stereocenters. The van der Waals surface area contributed by atoms with E-state index < -0.39 is 22.0 Å². The molecule has 0 amide bonds. The second-order valence-electron chi connectivity index (χ2n) is 37.0. The molecule has 5 saturated heterocycles. The maximum atomic E-state index is 13.3. The number of hydrogen-bond acceptors (Lipinski definition) is 26. The fourth-order valence-electron chi connectivity index (χ4n) is 19.7. The predicted octanol–water partition coefficient (Wildman–Crippen LogP) is 12.4. The van der Waals surface area contributed by atoms with Gasteiger partial charge in [-0.1, -0.05) is 53.7 Å². The van der Waals surface area contributed by atoms with Gasteiger partial charge in [-0.05, 0) is 254 Å². The molecule has 23 rings (SSSR count). The van der Waals surface area contributed by atoms with E-state index in [1.54, 1.807) is 55.2 Å². The van der Waals surface area contributed by atoms with E-state index in [1.807, 2.05) is 174 Å². The smallest absolute Gasteiger partial charge is 0.779 e. The number of nitrogens with zero attached hydrogens (tertiary/aromatic N) is 23. The van der Waals surface area contributed by atoms with Gasteiger partial charge in [0, 0.05) is 184 Å². The van der Waals surface area contributed by atoms with Crippen molar-refractivity contribution in [2.75, 3.05) is 67.2 Å². The van der Waals surface area contributed by atoms with Gasteiger partial charge in [0.1, 0.15) is 0 Å². The van der Waals surface area contributed by atoms with E-state index in [0.29, 0.717) is 0 Å². The number of imidazole rings is 3. The van der Waals surface area contributed by atoms with Crippen LogP contribution in [0.4, 0.5) is 17.8 Å². The van der Waals surface area contributed by atoms with Crippen LogP contribution in [0.15, 0.2) is 191 Å². The van der Waals surface area contributed by atoms with Crippen LogP contribution < -0.4 is 59.4 Å². The maximum Gasteiger partial charge on any atom is 1.00 e. The van der Waals surface area contributed by atoms with E-state index in [9.17, 15) is 8.42 Å². The molecule has 15 aromatic heterocycles. The number of aromatic nitrogens is 21. The van der Waals surface area contributed by atoms with Crippen molar-refractivity contribution in [3.63, 3.8) is 0 Å². The number of aromatic amines is 1. The Morgan fingerprint density at radius 3 is 1.42 bits per heavy atom. The molecule has 5 fully saturated rings. The minimum absolute atomic E-state index is 0. The third-order valence-electron chi connectivity index (χ3n) is 26.8. The van der Waals surface area contributed by atoms with E-state index in [4.69, 9.17) is 59.2 Å². The minimum Gasteiger partial charge on any atom is -0.779 e. The summed E-state index contributed by atoms with van der Waals surface area (Å²) >= 11 is 10.8. The molecule has 3 spiro atoms. The molecular weight excluding hydrogens is 1920 g/mol. The molecule has 38 heteroatoms. The van der Waals surface area contributed by atoms with Gasteiger partial charge in [-0.2, -0.15) is 20.2 Å². The number of halogens is 1. The van der Waals surface area contributed by atoms with Gasteiger partial charge >= 0.3 is 29.6 Å². The largest absolute Gasteiger partial charge is 1.00 e. The van der Waals surface area contributed by atoms with Crippen LogP contribution in [0.1, 0.15) is 190 Å². The van der Waals surface area contributed by atoms with Crippen molar-refractivity contribution < 1.29 is 47.4 Å². The molecule has 0 saturated carbocycles. The van der Waals surface area contributed by atoms with Crippen LogP contribution in [-0.4, -0.2) is 173 Å². The van der Waals surface area contributed by atoms with Crippen molar-refractivity contribution in [1.82, 2.24) is 112 Å². The Balaban J connectivity index is 0.000000122. The Bertz CT molecular complexity index is 7040. The number of pyridine rings is 6. The van der Waals surface area contributed by atoms with E-state index in [-0.39, 0.29) is 85.9 Å². The average Bonchev–Trinajstić information content (AvgIpc) is 1.82. The van der Waals surface area contributed by atoms with Crippen LogP contribution in [-0.2, 0) is 63.3 Å². The Labute approximate surface area is 838 Å². The Morgan fingerprint density at radius 1 is 0.496 bits per heavy atom. The molecule has 5 aliphatic heterocycles. The van der Waals surface area contributed by atoms with Gasteiger partial charge in [-0.15, -0.1) is 6.42 Å². The van der Waals surface area contributed by atoms with Crippen molar-refractivity contribution in [3.8, 4) is 36.0 Å². The van der Waals surface area contributed by atoms with Gasteiger partial charge < -0.3 is 42.5 Å². The number of hydrogen-bond donors (Lipinski definition) is 4. The number of piperidine rings is 3. The number of H-pyrrole nitrogens is 1. The van der Waals surface area contributed by atoms with Crippen LogP contribution in [0, 0.1) is 55.8 Å². The quantitative estimate of drug-likeness (QED) is 0.0360. The number of terminal acetylenes is 1. The van der Waals surface area contributed by atoms with Gasteiger partial charge in [0.2, 0.25) is 17.8 Å². The van der Waals surface area contributed by atoms with Gasteiger partial charge in [0.15, 0.2) is 46.3 Å². The standard InChI is InChI=1S/C33H39N9O2S2.C24H23N9S.C22H27IN6OS.C11H13N3OS.C7H4.Na/c1-32(2,3)46(43)39-28-22-7-6-12-34-24(22)19-33(28)10-15-40(16-11-33)31-37-21-26(30-36-14-17-41(30)31)45-25-9-13-35-29-23(25)20-38-42(29)27-8-4-5-18-44-27;25-20-15-2-1-6-26-17(15)12-24(20)4-9-32(10-5-24)23-29-14-19(22-28-8-11-33(22)23)34-18-3-7-27-21-16(18)13-30-31-21;1-21(2,3)31(30)27-18-15-5-4-8-24-17(15)13-22(18)6-10-28(11-7-22)20-26-14-16(23)19-25-9-12-29(19)20;16-9-4-5-12-11-8(9)7-13-14(11)10-3-1-2-6-15-10;1-3-5-7-6-4-2;/h6-7,9,12-14,17,20-21,27-28,39H,4-5,8,10-11,15-16,18-19H2,1-3H3;1-3,6-8,11,13-14,20H,4-5,9-10,12,25H2,(H,27,30,31);4-5,8-9,12,14,18,27H,6-7,10-11,13H2,1-3H3;4-5,7,10H,1-3,6H2,(H,12,16);1H,2H3;/q;;;;;+1/p-1/t27?,28-,46-;20-;18-,31-;;;/m111.../s1. The number of fused-ring (bicyclic) bond motifs is 9. The fraction of sp³-hybridized carbons (Fsp3) is 0.412. The fourth-order valence-corrected chi connectivity index (χ4v) is 24.3. The van der Waals surface area contributed by atoms with Crippen molar-refractivity contribution >= 4 is 149 Å². The first-order chi connectivity index (χ1) is 65.1. The summed E-state index contributed by atoms with van der Waals surface area (Å²) in [6.45, 7) is 20.7. The van der Waals surface area contributed by atoms with E-state index in [1.165, 1.54) is 28.8 Å². The first kappa shape index (κ1) is 95.3. The number of anilines is 3. The summed E-state index contributed by atoms with van der Waals surface area (Å²) in [6, 6.07) is 18.4. The van der Waals surface area contributed by atoms with Crippen molar-refractivity contribution in [3.05, 3.63) is 203 Å². The molecule has 135 heavy (non-hydrogen) atoms. The zero-order valence-electron chi connectivity index (χ0n) is 76.7.